The summed E-state index contributed by atoms with van der Waals surface area (Å²) in [6.07, 6.45) is 3.11. The zero-order valence-electron chi connectivity index (χ0n) is 25.4. The molecule has 0 N–H and O–H groups in total. The standard InChI is InChI=1S/C39H37N3/c1-38(2,3)26-22-27(39(4,5)6)24-28(23-26)41-33-18-11-15-30-31-16-9-10-20-40(31)37(36(30)33)34-21-25-13-7-8-14-29(25)32-17-12-19-35(41)42(32)34/h7-20,22-24H,21H2,1-6H3/q+2. The van der Waals surface area contributed by atoms with Crippen molar-refractivity contribution in [1.82, 2.24) is 8.98 Å². The highest BCUT2D eigenvalue weighted by Crippen LogP contribution is 2.41. The van der Waals surface area contributed by atoms with Gasteiger partial charge in [0.05, 0.1) is 29.0 Å². The smallest absolute Gasteiger partial charge is 0.310 e. The monoisotopic (exact) mass is 547 g/mol. The summed E-state index contributed by atoms with van der Waals surface area (Å²) >= 11 is 0. The lowest BCUT2D eigenvalue weighted by atomic mass is 9.80. The zero-order valence-corrected chi connectivity index (χ0v) is 25.4. The van der Waals surface area contributed by atoms with Gasteiger partial charge in [0.2, 0.25) is 22.8 Å². The molecular formula is C39H37N3+2. The van der Waals surface area contributed by atoms with E-state index in [1.807, 2.05) is 0 Å². The summed E-state index contributed by atoms with van der Waals surface area (Å²) in [7, 11) is 0. The molecule has 3 aromatic carbocycles. The van der Waals surface area contributed by atoms with Gasteiger partial charge in [0.25, 0.3) is 0 Å². The van der Waals surface area contributed by atoms with Crippen LogP contribution >= 0.6 is 0 Å². The van der Waals surface area contributed by atoms with Gasteiger partial charge in [-0.25, -0.2) is 0 Å². The van der Waals surface area contributed by atoms with E-state index in [1.54, 1.807) is 0 Å². The summed E-state index contributed by atoms with van der Waals surface area (Å²) in [6, 6.07) is 36.4. The lowest BCUT2D eigenvalue weighted by Gasteiger charge is -2.25. The molecule has 8 rings (SSSR count). The Morgan fingerprint density at radius 2 is 1.40 bits per heavy atom. The van der Waals surface area contributed by atoms with Gasteiger partial charge in [-0.05, 0) is 51.8 Å². The van der Waals surface area contributed by atoms with Crippen LogP contribution in [-0.4, -0.2) is 4.40 Å². The molecule has 0 amide bonds. The molecular weight excluding hydrogens is 510 g/mol. The molecule has 2 aliphatic heterocycles. The van der Waals surface area contributed by atoms with Crippen LogP contribution in [0.4, 0.5) is 11.4 Å². The van der Waals surface area contributed by atoms with Crippen molar-refractivity contribution in [1.29, 1.82) is 0 Å². The normalized spacial score (nSPS) is 14.2. The maximum Gasteiger partial charge on any atom is 0.456 e. The highest BCUT2D eigenvalue weighted by molar-refractivity contribution is 6.07. The van der Waals surface area contributed by atoms with Crippen molar-refractivity contribution >= 4 is 27.7 Å². The molecule has 3 heteroatoms. The van der Waals surface area contributed by atoms with Crippen LogP contribution in [0.2, 0.25) is 0 Å². The van der Waals surface area contributed by atoms with Gasteiger partial charge in [-0.2, -0.15) is 0 Å². The number of hydrogen-bond donors (Lipinski definition) is 0. The van der Waals surface area contributed by atoms with E-state index >= 15 is 0 Å². The van der Waals surface area contributed by atoms with Crippen molar-refractivity contribution in [3.05, 3.63) is 137 Å². The molecule has 6 aromatic rings. The van der Waals surface area contributed by atoms with Crippen LogP contribution < -0.4 is 14.3 Å². The van der Waals surface area contributed by atoms with Gasteiger partial charge in [0.15, 0.2) is 0 Å². The fourth-order valence-corrected chi connectivity index (χ4v) is 6.99. The predicted molar refractivity (Wildman–Crippen MR) is 172 cm³/mol. The average Bonchev–Trinajstić information content (AvgIpc) is 3.24. The van der Waals surface area contributed by atoms with Crippen LogP contribution in [0.3, 0.4) is 0 Å². The second kappa shape index (κ2) is 8.51. The van der Waals surface area contributed by atoms with E-state index in [-0.39, 0.29) is 10.8 Å². The highest BCUT2D eigenvalue weighted by Gasteiger charge is 2.39. The molecule has 0 radical (unpaired) electrons. The minimum Gasteiger partial charge on any atom is -0.310 e. The summed E-state index contributed by atoms with van der Waals surface area (Å²) in [4.78, 5) is 0. The largest absolute Gasteiger partial charge is 0.456 e. The summed E-state index contributed by atoms with van der Waals surface area (Å²) in [5.41, 5.74) is 14.1. The number of nitrogens with zero attached hydrogens (tertiary/aromatic N) is 3. The Hall–Kier alpha value is -4.50. The van der Waals surface area contributed by atoms with E-state index in [0.29, 0.717) is 0 Å². The van der Waals surface area contributed by atoms with Crippen molar-refractivity contribution < 1.29 is 4.24 Å². The second-order valence-corrected chi connectivity index (χ2v) is 14.0. The van der Waals surface area contributed by atoms with Gasteiger partial charge in [-0.1, -0.05) is 92.8 Å². The van der Waals surface area contributed by atoms with Gasteiger partial charge < -0.3 is 4.40 Å². The quantitative estimate of drug-likeness (QED) is 0.185. The van der Waals surface area contributed by atoms with E-state index < -0.39 is 0 Å². The molecule has 206 valence electrons. The van der Waals surface area contributed by atoms with Crippen molar-refractivity contribution in [2.45, 2.75) is 58.8 Å². The Bertz CT molecular complexity index is 2200. The number of pyridine rings is 2. The Balaban J connectivity index is 1.64. The number of rotatable bonds is 1. The third kappa shape index (κ3) is 3.52. The Morgan fingerprint density at radius 1 is 0.690 bits per heavy atom. The topological polar surface area (TPSA) is 13.3 Å². The number of aromatic nitrogens is 2. The first kappa shape index (κ1) is 25.2. The molecule has 2 aliphatic rings. The fourth-order valence-electron chi connectivity index (χ4n) is 6.99. The van der Waals surface area contributed by atoms with Crippen molar-refractivity contribution in [2.24, 2.45) is 0 Å². The van der Waals surface area contributed by atoms with Gasteiger partial charge in [0, 0.05) is 35.8 Å². The van der Waals surface area contributed by atoms with Crippen molar-refractivity contribution in [2.75, 3.05) is 0 Å². The lowest BCUT2D eigenvalue weighted by molar-refractivity contribution is -0.532. The van der Waals surface area contributed by atoms with Crippen LogP contribution in [0.15, 0.2) is 103 Å². The molecule has 0 spiro atoms. The number of hydrogen-bond acceptors (Lipinski definition) is 0. The lowest BCUT2D eigenvalue weighted by Crippen LogP contribution is -2.49. The van der Waals surface area contributed by atoms with Gasteiger partial charge in [0.1, 0.15) is 5.69 Å². The summed E-state index contributed by atoms with van der Waals surface area (Å²) in [5, 5.41) is 2.60. The SMILES string of the molecule is CC(C)(C)c1cc([N+]2=c3cccc4[n+]3=C(Cc3ccccc3-4)c3c4c2cccc4c2ccccn32)cc(C(C)(C)C)c1. The molecule has 5 heterocycles. The third-order valence-corrected chi connectivity index (χ3v) is 9.20. The molecule has 3 nitrogen and oxygen atoms in total. The maximum absolute atomic E-state index is 2.54. The van der Waals surface area contributed by atoms with Crippen LogP contribution in [-0.2, 0) is 17.3 Å². The Morgan fingerprint density at radius 3 is 2.17 bits per heavy atom. The van der Waals surface area contributed by atoms with E-state index in [0.717, 1.165) is 6.42 Å². The Kier molecular flexibility index (Phi) is 5.11. The molecule has 0 bridgehead atoms. The minimum atomic E-state index is 0.0172. The molecule has 42 heavy (non-hydrogen) atoms. The van der Waals surface area contributed by atoms with Crippen molar-refractivity contribution in [3.8, 4) is 11.3 Å². The number of benzene rings is 3. The predicted octanol–water partition coefficient (Wildman–Crippen LogP) is 8.09. The fraction of sp³-hybridized carbons (Fsp3) is 0.231. The summed E-state index contributed by atoms with van der Waals surface area (Å²) < 4.78 is 7.48. The molecule has 0 aliphatic carbocycles. The molecule has 0 unspecified atom stereocenters. The maximum atomic E-state index is 2.54. The van der Waals surface area contributed by atoms with Gasteiger partial charge in [-0.15, -0.1) is 0 Å². The molecule has 0 saturated carbocycles. The molecule has 0 fully saturated rings. The first-order valence-electron chi connectivity index (χ1n) is 15.1. The van der Waals surface area contributed by atoms with E-state index in [9.17, 15) is 0 Å². The van der Waals surface area contributed by atoms with E-state index in [2.05, 4.69) is 158 Å². The molecule has 3 aromatic heterocycles. The van der Waals surface area contributed by atoms with Crippen LogP contribution in [0, 0.1) is 5.71 Å². The van der Waals surface area contributed by atoms with Gasteiger partial charge >= 0.3 is 5.49 Å². The highest BCUT2D eigenvalue weighted by atomic mass is 15.1. The zero-order chi connectivity index (χ0) is 29.0. The van der Waals surface area contributed by atoms with E-state index in [1.165, 1.54) is 72.5 Å². The average molecular weight is 548 g/mol. The first-order chi connectivity index (χ1) is 20.1. The van der Waals surface area contributed by atoms with Gasteiger partial charge in [-0.3, -0.25) is 0 Å². The van der Waals surface area contributed by atoms with Crippen molar-refractivity contribution in [3.63, 3.8) is 0 Å². The van der Waals surface area contributed by atoms with Crippen LogP contribution in [0.1, 0.15) is 63.9 Å². The minimum absolute atomic E-state index is 0.0172. The van der Waals surface area contributed by atoms with Crippen LogP contribution in [0.25, 0.3) is 27.5 Å². The number of fused-ring (bicyclic) bond motifs is 6. The Labute approximate surface area is 247 Å². The van der Waals surface area contributed by atoms with Crippen LogP contribution in [0.5, 0.6) is 0 Å². The summed E-state index contributed by atoms with van der Waals surface area (Å²) in [5.74, 6) is 0. The third-order valence-electron chi connectivity index (χ3n) is 9.20. The second-order valence-electron chi connectivity index (χ2n) is 14.0. The molecule has 0 atom stereocenters. The molecule has 0 saturated heterocycles. The summed E-state index contributed by atoms with van der Waals surface area (Å²) in [6.45, 7) is 13.9. The van der Waals surface area contributed by atoms with E-state index in [4.69, 9.17) is 0 Å². The first-order valence-corrected chi connectivity index (χ1v) is 15.1.